The topological polar surface area (TPSA) is 105 Å². The summed E-state index contributed by atoms with van der Waals surface area (Å²) in [6.07, 6.45) is 5.10. The van der Waals surface area contributed by atoms with Crippen molar-refractivity contribution in [2.24, 2.45) is 0 Å². The van der Waals surface area contributed by atoms with E-state index in [0.29, 0.717) is 12.8 Å². The lowest BCUT2D eigenvalue weighted by Crippen LogP contribution is -2.37. The van der Waals surface area contributed by atoms with Gasteiger partial charge in [-0.2, -0.15) is 0 Å². The maximum absolute atomic E-state index is 13.1. The number of rotatable bonds is 5. The Morgan fingerprint density at radius 2 is 2.04 bits per heavy atom. The number of amides is 2. The third-order valence-corrected chi connectivity index (χ3v) is 8.23. The number of sulfone groups is 1. The van der Waals surface area contributed by atoms with Gasteiger partial charge in [0.25, 0.3) is 0 Å². The summed E-state index contributed by atoms with van der Waals surface area (Å²) in [5.41, 5.74) is 1.07. The van der Waals surface area contributed by atoms with Gasteiger partial charge in [-0.3, -0.25) is 0 Å². The van der Waals surface area contributed by atoms with Crippen LogP contribution in [0.15, 0.2) is 28.7 Å². The molecular weight excluding hydrogens is 404 g/mol. The number of phenolic OH excluding ortho intramolecular Hbond substituents is 1. The molecule has 0 aromatic heterocycles. The van der Waals surface area contributed by atoms with E-state index in [0.717, 1.165) is 24.8 Å². The summed E-state index contributed by atoms with van der Waals surface area (Å²) in [6.45, 7) is 1.94. The van der Waals surface area contributed by atoms with Gasteiger partial charge in [-0.05, 0) is 51.2 Å². The number of phenols is 1. The van der Waals surface area contributed by atoms with Gasteiger partial charge >= 0.3 is 6.03 Å². The molecule has 28 heavy (non-hydrogen) atoms. The molecule has 2 aliphatic rings. The third kappa shape index (κ3) is 3.99. The largest absolute Gasteiger partial charge is 0.504 e. The Kier molecular flexibility index (Phi) is 6.21. The van der Waals surface area contributed by atoms with Crippen LogP contribution in [0.4, 0.5) is 10.5 Å². The van der Waals surface area contributed by atoms with Crippen LogP contribution in [-0.4, -0.2) is 44.1 Å². The number of ether oxygens (including phenoxy) is 1. The third-order valence-electron chi connectivity index (χ3n) is 5.49. The summed E-state index contributed by atoms with van der Waals surface area (Å²) < 4.78 is 31.6. The minimum absolute atomic E-state index is 0.00734. The number of aromatic hydroxyl groups is 1. The van der Waals surface area contributed by atoms with Crippen molar-refractivity contribution in [3.63, 3.8) is 0 Å². The van der Waals surface area contributed by atoms with Crippen LogP contribution in [0, 0.1) is 0 Å². The number of urea groups is 1. The zero-order valence-electron chi connectivity index (χ0n) is 15.9. The first-order valence-electron chi connectivity index (χ1n) is 9.28. The molecule has 0 saturated heterocycles. The van der Waals surface area contributed by atoms with Gasteiger partial charge in [-0.15, -0.1) is 0 Å². The molecule has 1 aromatic carbocycles. The van der Waals surface area contributed by atoms with E-state index in [4.69, 9.17) is 16.3 Å². The number of hydrogen-bond acceptors (Lipinski definition) is 5. The zero-order valence-corrected chi connectivity index (χ0v) is 17.4. The summed E-state index contributed by atoms with van der Waals surface area (Å²) >= 11 is 6.13. The summed E-state index contributed by atoms with van der Waals surface area (Å²) in [5.74, 6) is -0.553. The number of allylic oxidation sites excluding steroid dienone is 1. The van der Waals surface area contributed by atoms with E-state index in [1.54, 1.807) is 0 Å². The number of benzene rings is 1. The minimum Gasteiger partial charge on any atom is -0.504 e. The number of carbonyl (C=O) groups excluding carboxylic acids is 1. The first kappa shape index (κ1) is 21.0. The maximum Gasteiger partial charge on any atom is 0.319 e. The van der Waals surface area contributed by atoms with Crippen molar-refractivity contribution < 1.29 is 23.1 Å². The Hall–Kier alpha value is -1.77. The first-order chi connectivity index (χ1) is 13.3. The fourth-order valence-electron chi connectivity index (χ4n) is 3.94. The number of methoxy groups -OCH3 is 1. The van der Waals surface area contributed by atoms with Crippen molar-refractivity contribution >= 4 is 33.2 Å². The van der Waals surface area contributed by atoms with Crippen molar-refractivity contribution in [3.05, 3.63) is 28.8 Å². The highest BCUT2D eigenvalue weighted by Crippen LogP contribution is 2.42. The van der Waals surface area contributed by atoms with Gasteiger partial charge in [0.05, 0.1) is 28.1 Å². The number of nitrogens with one attached hydrogen (secondary N) is 2. The quantitative estimate of drug-likeness (QED) is 0.490. The lowest BCUT2D eigenvalue weighted by molar-refractivity contribution is 0.111. The van der Waals surface area contributed by atoms with E-state index in [1.165, 1.54) is 19.2 Å². The van der Waals surface area contributed by atoms with Gasteiger partial charge in [0.2, 0.25) is 0 Å². The molecular formula is C19H25ClN2O5S. The van der Waals surface area contributed by atoms with Crippen LogP contribution in [0.25, 0.3) is 0 Å². The van der Waals surface area contributed by atoms with Crippen LogP contribution in [0.1, 0.15) is 39.0 Å². The Morgan fingerprint density at radius 1 is 1.29 bits per heavy atom. The van der Waals surface area contributed by atoms with Gasteiger partial charge in [-0.1, -0.05) is 23.3 Å². The normalized spacial score (nSPS) is 24.8. The molecule has 154 valence electrons. The van der Waals surface area contributed by atoms with Gasteiger partial charge in [0, 0.05) is 7.11 Å². The fraction of sp³-hybridized carbons (Fsp3) is 0.526. The highest BCUT2D eigenvalue weighted by Gasteiger charge is 2.41. The molecule has 2 amide bonds. The molecule has 3 atom stereocenters. The molecule has 1 fully saturated rings. The number of anilines is 1. The molecule has 0 heterocycles. The second-order valence-electron chi connectivity index (χ2n) is 7.24. The second kappa shape index (κ2) is 8.31. The second-order valence-corrected chi connectivity index (χ2v) is 9.75. The number of hydrogen-bond donors (Lipinski definition) is 3. The van der Waals surface area contributed by atoms with Gasteiger partial charge < -0.3 is 20.5 Å². The SMILES string of the molecule is COC1CCCC1S(=O)(=O)c1c(Cl)ccc(NC(=O)NC2CCC=C2C)c1O. The average molecular weight is 429 g/mol. The number of carbonyl (C=O) groups is 1. The van der Waals surface area contributed by atoms with Crippen LogP contribution >= 0.6 is 11.6 Å². The maximum atomic E-state index is 13.1. The lowest BCUT2D eigenvalue weighted by Gasteiger charge is -2.21. The molecule has 0 radical (unpaired) electrons. The molecule has 3 N–H and O–H groups in total. The van der Waals surface area contributed by atoms with Crippen molar-refractivity contribution in [1.29, 1.82) is 0 Å². The van der Waals surface area contributed by atoms with E-state index in [2.05, 4.69) is 16.7 Å². The Bertz CT molecular complexity index is 900. The molecule has 3 rings (SSSR count). The van der Waals surface area contributed by atoms with Crippen molar-refractivity contribution in [3.8, 4) is 5.75 Å². The Labute approximate surface area is 170 Å². The van der Waals surface area contributed by atoms with E-state index in [-0.39, 0.29) is 21.6 Å². The summed E-state index contributed by atoms with van der Waals surface area (Å²) in [5, 5.41) is 15.1. The van der Waals surface area contributed by atoms with Crippen molar-refractivity contribution in [2.45, 2.75) is 61.3 Å². The average Bonchev–Trinajstić information content (AvgIpc) is 3.27. The summed E-state index contributed by atoms with van der Waals surface area (Å²) in [6, 6.07) is 2.16. The highest BCUT2D eigenvalue weighted by atomic mass is 35.5. The molecule has 0 spiro atoms. The molecule has 1 aromatic rings. The van der Waals surface area contributed by atoms with E-state index in [1.807, 2.05) is 6.92 Å². The van der Waals surface area contributed by atoms with Gasteiger partial charge in [0.1, 0.15) is 4.90 Å². The van der Waals surface area contributed by atoms with E-state index < -0.39 is 33.0 Å². The van der Waals surface area contributed by atoms with Gasteiger partial charge in [-0.25, -0.2) is 13.2 Å². The fourth-order valence-corrected chi connectivity index (χ4v) is 6.56. The predicted molar refractivity (Wildman–Crippen MR) is 108 cm³/mol. The summed E-state index contributed by atoms with van der Waals surface area (Å²) in [4.78, 5) is 11.9. The molecule has 9 heteroatoms. The monoisotopic (exact) mass is 428 g/mol. The first-order valence-corrected chi connectivity index (χ1v) is 11.2. The van der Waals surface area contributed by atoms with Gasteiger partial charge in [0.15, 0.2) is 15.6 Å². The van der Waals surface area contributed by atoms with Crippen LogP contribution in [0.5, 0.6) is 5.75 Å². The molecule has 0 aliphatic heterocycles. The predicted octanol–water partition coefficient (Wildman–Crippen LogP) is 3.62. The van der Waals surface area contributed by atoms with Crippen LogP contribution in [0.3, 0.4) is 0 Å². The minimum atomic E-state index is -3.94. The van der Waals surface area contributed by atoms with Crippen molar-refractivity contribution in [1.82, 2.24) is 5.32 Å². The van der Waals surface area contributed by atoms with E-state index in [9.17, 15) is 18.3 Å². The Balaban J connectivity index is 1.86. The molecule has 1 saturated carbocycles. The van der Waals surface area contributed by atoms with Crippen LogP contribution in [0.2, 0.25) is 5.02 Å². The van der Waals surface area contributed by atoms with Crippen molar-refractivity contribution in [2.75, 3.05) is 12.4 Å². The van der Waals surface area contributed by atoms with E-state index >= 15 is 0 Å². The van der Waals surface area contributed by atoms with Crippen LogP contribution < -0.4 is 10.6 Å². The Morgan fingerprint density at radius 3 is 2.68 bits per heavy atom. The molecule has 0 bridgehead atoms. The molecule has 3 unspecified atom stereocenters. The molecule has 7 nitrogen and oxygen atoms in total. The van der Waals surface area contributed by atoms with Crippen LogP contribution in [-0.2, 0) is 14.6 Å². The molecule has 2 aliphatic carbocycles. The number of halogens is 1. The smallest absolute Gasteiger partial charge is 0.319 e. The highest BCUT2D eigenvalue weighted by molar-refractivity contribution is 7.92. The summed E-state index contributed by atoms with van der Waals surface area (Å²) in [7, 11) is -2.46. The zero-order chi connectivity index (χ0) is 20.5. The standard InChI is InChI=1S/C19H25ClN2O5S/c1-11-5-3-6-13(11)21-19(24)22-14-10-9-12(20)18(17(14)23)28(25,26)16-8-4-7-15(16)27-2/h5,9-10,13,15-16,23H,3-4,6-8H2,1-2H3,(H2,21,22,24). The lowest BCUT2D eigenvalue weighted by atomic mass is 10.2.